The standard InChI is InChI=1S/C14H10Cl2O3/c15-11-4-2-1-3-10(11)8-19-13-6-5-9(14(17)18)7-12(13)16/h1-7H,8H2,(H,17,18). The van der Waals surface area contributed by atoms with E-state index in [1.165, 1.54) is 18.2 Å². The average Bonchev–Trinajstić information content (AvgIpc) is 2.39. The highest BCUT2D eigenvalue weighted by atomic mass is 35.5. The molecule has 2 aromatic rings. The maximum atomic E-state index is 10.8. The van der Waals surface area contributed by atoms with Gasteiger partial charge in [0, 0.05) is 10.6 Å². The van der Waals surface area contributed by atoms with Crippen LogP contribution < -0.4 is 4.74 Å². The van der Waals surface area contributed by atoms with Crippen LogP contribution in [0.25, 0.3) is 0 Å². The van der Waals surface area contributed by atoms with Crippen LogP contribution in [-0.4, -0.2) is 11.1 Å². The summed E-state index contributed by atoms with van der Waals surface area (Å²) in [6.45, 7) is 0.270. The van der Waals surface area contributed by atoms with Crippen LogP contribution in [0, 0.1) is 0 Å². The molecule has 0 atom stereocenters. The van der Waals surface area contributed by atoms with E-state index in [1.807, 2.05) is 18.2 Å². The van der Waals surface area contributed by atoms with Gasteiger partial charge in [0.15, 0.2) is 0 Å². The molecule has 0 aromatic heterocycles. The van der Waals surface area contributed by atoms with Gasteiger partial charge in [-0.1, -0.05) is 41.4 Å². The Morgan fingerprint density at radius 3 is 2.47 bits per heavy atom. The Morgan fingerprint density at radius 1 is 1.11 bits per heavy atom. The van der Waals surface area contributed by atoms with Crippen LogP contribution in [0.2, 0.25) is 10.0 Å². The number of ether oxygens (including phenoxy) is 1. The Balaban J connectivity index is 2.12. The summed E-state index contributed by atoms with van der Waals surface area (Å²) in [5.74, 6) is -0.605. The van der Waals surface area contributed by atoms with Crippen molar-refractivity contribution in [3.05, 3.63) is 63.6 Å². The molecule has 2 aromatic carbocycles. The van der Waals surface area contributed by atoms with Crippen molar-refractivity contribution < 1.29 is 14.6 Å². The predicted octanol–water partition coefficient (Wildman–Crippen LogP) is 4.27. The van der Waals surface area contributed by atoms with Gasteiger partial charge in [0.1, 0.15) is 12.4 Å². The number of hydrogen-bond donors (Lipinski definition) is 1. The van der Waals surface area contributed by atoms with Gasteiger partial charge in [-0.3, -0.25) is 0 Å². The molecule has 0 spiro atoms. The molecule has 0 unspecified atom stereocenters. The lowest BCUT2D eigenvalue weighted by Crippen LogP contribution is -1.99. The molecule has 0 saturated carbocycles. The maximum Gasteiger partial charge on any atom is 0.335 e. The minimum Gasteiger partial charge on any atom is -0.487 e. The minimum atomic E-state index is -1.03. The van der Waals surface area contributed by atoms with Crippen molar-refractivity contribution >= 4 is 29.2 Å². The summed E-state index contributed by atoms with van der Waals surface area (Å²) in [6, 6.07) is 11.6. The zero-order chi connectivity index (χ0) is 13.8. The average molecular weight is 297 g/mol. The van der Waals surface area contributed by atoms with Crippen LogP contribution in [0.3, 0.4) is 0 Å². The van der Waals surface area contributed by atoms with Crippen LogP contribution in [0.15, 0.2) is 42.5 Å². The van der Waals surface area contributed by atoms with Gasteiger partial charge in [-0.15, -0.1) is 0 Å². The second-order valence-electron chi connectivity index (χ2n) is 3.83. The first-order valence-electron chi connectivity index (χ1n) is 5.47. The molecule has 0 amide bonds. The molecule has 0 aliphatic heterocycles. The van der Waals surface area contributed by atoms with E-state index in [0.717, 1.165) is 5.56 Å². The molecule has 0 aliphatic rings. The Labute approximate surface area is 120 Å². The van der Waals surface area contributed by atoms with E-state index in [9.17, 15) is 4.79 Å². The van der Waals surface area contributed by atoms with Gasteiger partial charge in [-0.2, -0.15) is 0 Å². The quantitative estimate of drug-likeness (QED) is 0.916. The third-order valence-electron chi connectivity index (χ3n) is 2.52. The van der Waals surface area contributed by atoms with Gasteiger partial charge in [-0.05, 0) is 24.3 Å². The van der Waals surface area contributed by atoms with Gasteiger partial charge >= 0.3 is 5.97 Å². The number of carbonyl (C=O) groups is 1. The third kappa shape index (κ3) is 3.40. The fourth-order valence-corrected chi connectivity index (χ4v) is 1.95. The molecule has 3 nitrogen and oxygen atoms in total. The van der Waals surface area contributed by atoms with Crippen LogP contribution in [0.1, 0.15) is 15.9 Å². The molecule has 0 radical (unpaired) electrons. The highest BCUT2D eigenvalue weighted by Crippen LogP contribution is 2.27. The summed E-state index contributed by atoms with van der Waals surface area (Å²) >= 11 is 12.0. The number of rotatable bonds is 4. The first-order valence-corrected chi connectivity index (χ1v) is 6.22. The van der Waals surface area contributed by atoms with Gasteiger partial charge in [-0.25, -0.2) is 4.79 Å². The fraction of sp³-hybridized carbons (Fsp3) is 0.0714. The van der Waals surface area contributed by atoms with Crippen LogP contribution in [-0.2, 0) is 6.61 Å². The number of benzene rings is 2. The van der Waals surface area contributed by atoms with Crippen molar-refractivity contribution in [3.8, 4) is 5.75 Å². The lowest BCUT2D eigenvalue weighted by Gasteiger charge is -2.09. The highest BCUT2D eigenvalue weighted by Gasteiger charge is 2.08. The zero-order valence-corrected chi connectivity index (χ0v) is 11.3. The molecule has 19 heavy (non-hydrogen) atoms. The van der Waals surface area contributed by atoms with Gasteiger partial charge in [0.25, 0.3) is 0 Å². The SMILES string of the molecule is O=C(O)c1ccc(OCc2ccccc2Cl)c(Cl)c1. The predicted molar refractivity (Wildman–Crippen MR) is 74.2 cm³/mol. The van der Waals surface area contributed by atoms with E-state index in [2.05, 4.69) is 0 Å². The largest absolute Gasteiger partial charge is 0.487 e. The van der Waals surface area contributed by atoms with Crippen molar-refractivity contribution in [1.82, 2.24) is 0 Å². The number of carboxylic acids is 1. The molecule has 5 heteroatoms. The van der Waals surface area contributed by atoms with Crippen molar-refractivity contribution in [2.45, 2.75) is 6.61 Å². The van der Waals surface area contributed by atoms with Crippen molar-refractivity contribution in [1.29, 1.82) is 0 Å². The monoisotopic (exact) mass is 296 g/mol. The smallest absolute Gasteiger partial charge is 0.335 e. The second kappa shape index (κ2) is 5.95. The van der Waals surface area contributed by atoms with Crippen LogP contribution in [0.4, 0.5) is 0 Å². The van der Waals surface area contributed by atoms with Gasteiger partial charge in [0.2, 0.25) is 0 Å². The molecule has 98 valence electrons. The van der Waals surface area contributed by atoms with Crippen molar-refractivity contribution in [2.75, 3.05) is 0 Å². The van der Waals surface area contributed by atoms with E-state index in [1.54, 1.807) is 6.07 Å². The molecule has 0 heterocycles. The number of carboxylic acid groups (broad SMARTS) is 1. The molecular formula is C14H10Cl2O3. The molecular weight excluding hydrogens is 287 g/mol. The lowest BCUT2D eigenvalue weighted by atomic mass is 10.2. The number of halogens is 2. The normalized spacial score (nSPS) is 10.2. The van der Waals surface area contributed by atoms with Crippen molar-refractivity contribution in [2.24, 2.45) is 0 Å². The Hall–Kier alpha value is -1.71. The summed E-state index contributed by atoms with van der Waals surface area (Å²) < 4.78 is 5.53. The first-order chi connectivity index (χ1) is 9.08. The van der Waals surface area contributed by atoms with Gasteiger partial charge < -0.3 is 9.84 Å². The zero-order valence-electron chi connectivity index (χ0n) is 9.77. The van der Waals surface area contributed by atoms with E-state index >= 15 is 0 Å². The summed E-state index contributed by atoms with van der Waals surface area (Å²) in [7, 11) is 0. The third-order valence-corrected chi connectivity index (χ3v) is 3.18. The molecule has 0 bridgehead atoms. The highest BCUT2D eigenvalue weighted by molar-refractivity contribution is 6.32. The van der Waals surface area contributed by atoms with Crippen LogP contribution >= 0.6 is 23.2 Å². The fourth-order valence-electron chi connectivity index (χ4n) is 1.52. The Bertz CT molecular complexity index is 611. The summed E-state index contributed by atoms with van der Waals surface area (Å²) in [6.07, 6.45) is 0. The topological polar surface area (TPSA) is 46.5 Å². The summed E-state index contributed by atoms with van der Waals surface area (Å²) in [5, 5.41) is 9.70. The second-order valence-corrected chi connectivity index (χ2v) is 4.64. The number of aromatic carboxylic acids is 1. The maximum absolute atomic E-state index is 10.8. The molecule has 0 fully saturated rings. The molecule has 1 N–H and O–H groups in total. The molecule has 0 saturated heterocycles. The summed E-state index contributed by atoms with van der Waals surface area (Å²) in [5.41, 5.74) is 0.956. The van der Waals surface area contributed by atoms with Crippen molar-refractivity contribution in [3.63, 3.8) is 0 Å². The summed E-state index contributed by atoms with van der Waals surface area (Å²) in [4.78, 5) is 10.8. The molecule has 0 aliphatic carbocycles. The van der Waals surface area contributed by atoms with Crippen LogP contribution in [0.5, 0.6) is 5.75 Å². The lowest BCUT2D eigenvalue weighted by molar-refractivity contribution is 0.0697. The van der Waals surface area contributed by atoms with E-state index in [4.69, 9.17) is 33.0 Å². The minimum absolute atomic E-state index is 0.120. The van der Waals surface area contributed by atoms with Gasteiger partial charge in [0.05, 0.1) is 10.6 Å². The molecule has 2 rings (SSSR count). The first kappa shape index (κ1) is 13.7. The number of hydrogen-bond acceptors (Lipinski definition) is 2. The van der Waals surface area contributed by atoms with E-state index in [0.29, 0.717) is 10.8 Å². The van der Waals surface area contributed by atoms with E-state index < -0.39 is 5.97 Å². The Kier molecular flexibility index (Phi) is 4.30. The Morgan fingerprint density at radius 2 is 1.84 bits per heavy atom. The van der Waals surface area contributed by atoms with E-state index in [-0.39, 0.29) is 17.2 Å².